The fraction of sp³-hybridized carbons (Fsp3) is 0.278. The number of hydrogen-bond acceptors (Lipinski definition) is 3. The lowest BCUT2D eigenvalue weighted by Gasteiger charge is -2.20. The van der Waals surface area contributed by atoms with Gasteiger partial charge in [-0.2, -0.15) is 4.31 Å². The van der Waals surface area contributed by atoms with E-state index >= 15 is 0 Å². The van der Waals surface area contributed by atoms with Crippen molar-refractivity contribution in [3.05, 3.63) is 71.0 Å². The molecule has 2 aromatic carbocycles. The molecule has 0 saturated heterocycles. The lowest BCUT2D eigenvalue weighted by Crippen LogP contribution is -2.39. The maximum atomic E-state index is 13.8. The molecule has 0 aliphatic carbocycles. The molecule has 0 heterocycles. The Kier molecular flexibility index (Phi) is 6.27. The number of amides is 1. The molecule has 134 valence electrons. The Labute approximate surface area is 147 Å². The summed E-state index contributed by atoms with van der Waals surface area (Å²) in [6.45, 7) is 1.70. The predicted octanol–water partition coefficient (Wildman–Crippen LogP) is 2.21. The maximum absolute atomic E-state index is 13.8. The summed E-state index contributed by atoms with van der Waals surface area (Å²) < 4.78 is 38.6. The van der Waals surface area contributed by atoms with Crippen LogP contribution in [-0.2, 0) is 27.9 Å². The van der Waals surface area contributed by atoms with Crippen LogP contribution in [0.4, 0.5) is 4.39 Å². The molecular formula is C18H21FN2O3S. The summed E-state index contributed by atoms with van der Waals surface area (Å²) in [4.78, 5) is 12.1. The maximum Gasteiger partial charge on any atom is 0.235 e. The molecule has 0 saturated carbocycles. The zero-order chi connectivity index (χ0) is 18.4. The van der Waals surface area contributed by atoms with Gasteiger partial charge in [-0.3, -0.25) is 4.79 Å². The van der Waals surface area contributed by atoms with Crippen LogP contribution in [0.3, 0.4) is 0 Å². The van der Waals surface area contributed by atoms with Gasteiger partial charge >= 0.3 is 0 Å². The molecule has 2 aromatic rings. The van der Waals surface area contributed by atoms with Crippen LogP contribution >= 0.6 is 0 Å². The smallest absolute Gasteiger partial charge is 0.235 e. The molecule has 0 atom stereocenters. The van der Waals surface area contributed by atoms with Crippen molar-refractivity contribution in [3.8, 4) is 0 Å². The average Bonchev–Trinajstić information content (AvgIpc) is 2.53. The van der Waals surface area contributed by atoms with Gasteiger partial charge in [0.15, 0.2) is 0 Å². The second kappa shape index (κ2) is 8.22. The molecule has 2 rings (SSSR count). The molecule has 0 aliphatic rings. The first-order chi connectivity index (χ1) is 11.8. The highest BCUT2D eigenvalue weighted by Gasteiger charge is 2.21. The summed E-state index contributed by atoms with van der Waals surface area (Å²) in [7, 11) is -3.66. The van der Waals surface area contributed by atoms with Crippen LogP contribution in [0.25, 0.3) is 0 Å². The molecule has 5 nitrogen and oxygen atoms in total. The SMILES string of the molecule is Cc1cccc(CNC(=O)CN(Cc2ccccc2F)S(C)(=O)=O)c1. The van der Waals surface area contributed by atoms with Gasteiger partial charge in [0, 0.05) is 18.7 Å². The zero-order valence-corrected chi connectivity index (χ0v) is 15.0. The van der Waals surface area contributed by atoms with Crippen molar-refractivity contribution in [1.29, 1.82) is 0 Å². The quantitative estimate of drug-likeness (QED) is 0.819. The van der Waals surface area contributed by atoms with Crippen LogP contribution in [0.5, 0.6) is 0 Å². The van der Waals surface area contributed by atoms with E-state index in [1.54, 1.807) is 6.07 Å². The first kappa shape index (κ1) is 19.1. The fourth-order valence-electron chi connectivity index (χ4n) is 2.35. The van der Waals surface area contributed by atoms with Crippen LogP contribution in [-0.4, -0.2) is 31.4 Å². The number of carbonyl (C=O) groups is 1. The van der Waals surface area contributed by atoms with E-state index in [0.29, 0.717) is 6.54 Å². The topological polar surface area (TPSA) is 66.5 Å². The Morgan fingerprint density at radius 3 is 2.52 bits per heavy atom. The molecular weight excluding hydrogens is 343 g/mol. The summed E-state index contributed by atoms with van der Waals surface area (Å²) in [6.07, 6.45) is 1.00. The third-order valence-corrected chi connectivity index (χ3v) is 4.86. The summed E-state index contributed by atoms with van der Waals surface area (Å²) >= 11 is 0. The number of halogens is 1. The first-order valence-electron chi connectivity index (χ1n) is 7.76. The standard InChI is InChI=1S/C18H21FN2O3S/c1-14-6-5-7-15(10-14)11-20-18(22)13-21(25(2,23)24)12-16-8-3-4-9-17(16)19/h3-10H,11-13H2,1-2H3,(H,20,22). The van der Waals surface area contributed by atoms with Crippen molar-refractivity contribution >= 4 is 15.9 Å². The van der Waals surface area contributed by atoms with Crippen molar-refractivity contribution in [2.45, 2.75) is 20.0 Å². The average molecular weight is 364 g/mol. The van der Waals surface area contributed by atoms with Crippen molar-refractivity contribution in [3.63, 3.8) is 0 Å². The van der Waals surface area contributed by atoms with Crippen molar-refractivity contribution in [2.24, 2.45) is 0 Å². The first-order valence-corrected chi connectivity index (χ1v) is 9.61. The Morgan fingerprint density at radius 2 is 1.88 bits per heavy atom. The molecule has 25 heavy (non-hydrogen) atoms. The zero-order valence-electron chi connectivity index (χ0n) is 14.2. The Balaban J connectivity index is 2.02. The van der Waals surface area contributed by atoms with E-state index in [0.717, 1.165) is 21.7 Å². The minimum absolute atomic E-state index is 0.191. The lowest BCUT2D eigenvalue weighted by atomic mass is 10.1. The summed E-state index contributed by atoms with van der Waals surface area (Å²) in [6, 6.07) is 13.6. The van der Waals surface area contributed by atoms with Gasteiger partial charge in [0.25, 0.3) is 0 Å². The number of sulfonamides is 1. The third kappa shape index (κ3) is 5.95. The number of rotatable bonds is 7. The second-order valence-electron chi connectivity index (χ2n) is 5.89. The number of hydrogen-bond donors (Lipinski definition) is 1. The van der Waals surface area contributed by atoms with Gasteiger partial charge in [0.1, 0.15) is 5.82 Å². The van der Waals surface area contributed by atoms with Gasteiger partial charge in [-0.05, 0) is 18.6 Å². The number of nitrogens with one attached hydrogen (secondary N) is 1. The van der Waals surface area contributed by atoms with Crippen LogP contribution < -0.4 is 5.32 Å². The van der Waals surface area contributed by atoms with E-state index in [2.05, 4.69) is 5.32 Å². The summed E-state index contributed by atoms with van der Waals surface area (Å²) in [5.41, 5.74) is 2.22. The van der Waals surface area contributed by atoms with E-state index in [-0.39, 0.29) is 18.7 Å². The predicted molar refractivity (Wildman–Crippen MR) is 94.7 cm³/mol. The van der Waals surface area contributed by atoms with Crippen molar-refractivity contribution in [1.82, 2.24) is 9.62 Å². The van der Waals surface area contributed by atoms with Gasteiger partial charge in [0.05, 0.1) is 12.8 Å². The molecule has 0 radical (unpaired) electrons. The number of nitrogens with zero attached hydrogens (tertiary/aromatic N) is 1. The van der Waals surface area contributed by atoms with E-state index in [1.165, 1.54) is 18.2 Å². The van der Waals surface area contributed by atoms with Crippen molar-refractivity contribution in [2.75, 3.05) is 12.8 Å². The molecule has 0 fully saturated rings. The monoisotopic (exact) mass is 364 g/mol. The van der Waals surface area contributed by atoms with Crippen molar-refractivity contribution < 1.29 is 17.6 Å². The van der Waals surface area contributed by atoms with Crippen LogP contribution in [0.1, 0.15) is 16.7 Å². The normalized spacial score (nSPS) is 11.5. The minimum atomic E-state index is -3.66. The second-order valence-corrected chi connectivity index (χ2v) is 7.87. The van der Waals surface area contributed by atoms with E-state index in [1.807, 2.05) is 31.2 Å². The number of benzene rings is 2. The van der Waals surface area contributed by atoms with E-state index in [9.17, 15) is 17.6 Å². The van der Waals surface area contributed by atoms with Crippen LogP contribution in [0, 0.1) is 12.7 Å². The fourth-order valence-corrected chi connectivity index (χ4v) is 3.07. The summed E-state index contributed by atoms with van der Waals surface area (Å²) in [5.74, 6) is -0.945. The summed E-state index contributed by atoms with van der Waals surface area (Å²) in [5, 5.41) is 2.69. The Morgan fingerprint density at radius 1 is 1.16 bits per heavy atom. The number of carbonyl (C=O) groups excluding carboxylic acids is 1. The van der Waals surface area contributed by atoms with Gasteiger partial charge in [-0.1, -0.05) is 48.0 Å². The molecule has 0 bridgehead atoms. The number of aryl methyl sites for hydroxylation is 1. The molecule has 0 aromatic heterocycles. The van der Waals surface area contributed by atoms with Crippen LogP contribution in [0.15, 0.2) is 48.5 Å². The van der Waals surface area contributed by atoms with Gasteiger partial charge in [-0.25, -0.2) is 12.8 Å². The molecule has 7 heteroatoms. The van der Waals surface area contributed by atoms with Gasteiger partial charge < -0.3 is 5.32 Å². The highest BCUT2D eigenvalue weighted by atomic mass is 32.2. The highest BCUT2D eigenvalue weighted by Crippen LogP contribution is 2.12. The Bertz CT molecular complexity index is 853. The van der Waals surface area contributed by atoms with Gasteiger partial charge in [0.2, 0.25) is 15.9 Å². The van der Waals surface area contributed by atoms with Crippen LogP contribution in [0.2, 0.25) is 0 Å². The molecule has 0 unspecified atom stereocenters. The highest BCUT2D eigenvalue weighted by molar-refractivity contribution is 7.88. The van der Waals surface area contributed by atoms with E-state index in [4.69, 9.17) is 0 Å². The van der Waals surface area contributed by atoms with Gasteiger partial charge in [-0.15, -0.1) is 0 Å². The third-order valence-electron chi connectivity index (χ3n) is 3.67. The minimum Gasteiger partial charge on any atom is -0.351 e. The largest absolute Gasteiger partial charge is 0.351 e. The Hall–Kier alpha value is -2.25. The molecule has 0 aliphatic heterocycles. The van der Waals surface area contributed by atoms with E-state index < -0.39 is 21.7 Å². The molecule has 0 spiro atoms. The molecule has 1 N–H and O–H groups in total. The lowest BCUT2D eigenvalue weighted by molar-refractivity contribution is -0.121. The molecule has 1 amide bonds.